The normalized spacial score (nSPS) is 14.1. The summed E-state index contributed by atoms with van der Waals surface area (Å²) in [4.78, 5) is 17.6. The Labute approximate surface area is 109 Å². The van der Waals surface area contributed by atoms with Gasteiger partial charge in [-0.25, -0.2) is 4.98 Å². The van der Waals surface area contributed by atoms with Gasteiger partial charge in [-0.3, -0.25) is 4.79 Å². The largest absolute Gasteiger partial charge is 0.390 e. The molecule has 4 nitrogen and oxygen atoms in total. The number of fused-ring (bicyclic) bond motifs is 1. The van der Waals surface area contributed by atoms with Gasteiger partial charge in [0.2, 0.25) is 5.91 Å². The average Bonchev–Trinajstić information content (AvgIpc) is 2.95. The van der Waals surface area contributed by atoms with Crippen LogP contribution in [-0.4, -0.2) is 23.0 Å². The number of likely N-dealkylation sites (N-methyl/N-ethyl adjacent to an activating group) is 1. The third kappa shape index (κ3) is 1.72. The van der Waals surface area contributed by atoms with Crippen molar-refractivity contribution in [1.82, 2.24) is 4.98 Å². The summed E-state index contributed by atoms with van der Waals surface area (Å²) < 4.78 is 0. The lowest BCUT2D eigenvalue weighted by Crippen LogP contribution is -2.20. The van der Waals surface area contributed by atoms with E-state index in [0.29, 0.717) is 12.1 Å². The van der Waals surface area contributed by atoms with E-state index in [1.165, 1.54) is 11.3 Å². The number of hydrogen-bond donors (Lipinski definition) is 1. The highest BCUT2D eigenvalue weighted by atomic mass is 32.1. The van der Waals surface area contributed by atoms with E-state index < -0.39 is 0 Å². The molecule has 0 radical (unpaired) electrons. The topological polar surface area (TPSA) is 53.4 Å². The molecule has 1 aromatic carbocycles. The Hall–Kier alpha value is -1.72. The predicted molar refractivity (Wildman–Crippen MR) is 70.6 cm³/mol. The van der Waals surface area contributed by atoms with Gasteiger partial charge >= 0.3 is 0 Å². The van der Waals surface area contributed by atoms with Crippen LogP contribution >= 0.6 is 11.3 Å². The lowest BCUT2D eigenvalue weighted by molar-refractivity contribution is -0.117. The Morgan fingerprint density at radius 2 is 2.33 bits per heavy atom. The highest BCUT2D eigenvalue weighted by Crippen LogP contribution is 2.33. The Bertz CT molecular complexity index is 621. The van der Waals surface area contributed by atoms with Crippen molar-refractivity contribution in [2.24, 2.45) is 0 Å². The van der Waals surface area contributed by atoms with Gasteiger partial charge in [0.15, 0.2) is 0 Å². The zero-order chi connectivity index (χ0) is 12.7. The molecule has 0 bridgehead atoms. The number of benzene rings is 1. The quantitative estimate of drug-likeness (QED) is 0.896. The Morgan fingerprint density at radius 3 is 3.06 bits per heavy atom. The Kier molecular flexibility index (Phi) is 2.65. The van der Waals surface area contributed by atoms with E-state index in [2.05, 4.69) is 4.98 Å². The first-order valence-corrected chi connectivity index (χ1v) is 6.52. The van der Waals surface area contributed by atoms with Crippen molar-refractivity contribution in [2.45, 2.75) is 13.0 Å². The van der Waals surface area contributed by atoms with Crippen LogP contribution in [0, 0.1) is 0 Å². The predicted octanol–water partition coefficient (Wildman–Crippen LogP) is 1.82. The molecule has 18 heavy (non-hydrogen) atoms. The zero-order valence-corrected chi connectivity index (χ0v) is 10.7. The van der Waals surface area contributed by atoms with Gasteiger partial charge in [-0.15, -0.1) is 11.3 Å². The molecule has 5 heteroatoms. The lowest BCUT2D eigenvalue weighted by atomic mass is 10.1. The summed E-state index contributed by atoms with van der Waals surface area (Å²) in [6.07, 6.45) is 0.456. The number of thiazole rings is 1. The molecule has 92 valence electrons. The number of amides is 1. The number of anilines is 1. The van der Waals surface area contributed by atoms with Crippen LogP contribution in [0.25, 0.3) is 10.6 Å². The molecule has 1 N–H and O–H groups in total. The molecule has 0 fully saturated rings. The monoisotopic (exact) mass is 260 g/mol. The van der Waals surface area contributed by atoms with E-state index in [1.807, 2.05) is 23.6 Å². The fourth-order valence-electron chi connectivity index (χ4n) is 2.12. The molecular weight excluding hydrogens is 248 g/mol. The van der Waals surface area contributed by atoms with Gasteiger partial charge in [-0.2, -0.15) is 0 Å². The van der Waals surface area contributed by atoms with Crippen molar-refractivity contribution < 1.29 is 9.90 Å². The average molecular weight is 260 g/mol. The number of nitrogens with zero attached hydrogens (tertiary/aromatic N) is 2. The van der Waals surface area contributed by atoms with E-state index >= 15 is 0 Å². The van der Waals surface area contributed by atoms with Crippen molar-refractivity contribution in [3.05, 3.63) is 34.8 Å². The summed E-state index contributed by atoms with van der Waals surface area (Å²) in [5.74, 6) is 0.123. The first kappa shape index (κ1) is 11.4. The highest BCUT2D eigenvalue weighted by molar-refractivity contribution is 7.13. The molecule has 0 unspecified atom stereocenters. The van der Waals surface area contributed by atoms with Gasteiger partial charge < -0.3 is 10.0 Å². The third-order valence-electron chi connectivity index (χ3n) is 3.12. The van der Waals surface area contributed by atoms with Crippen molar-refractivity contribution in [3.8, 4) is 10.6 Å². The minimum Gasteiger partial charge on any atom is -0.390 e. The second-order valence-electron chi connectivity index (χ2n) is 4.28. The summed E-state index contributed by atoms with van der Waals surface area (Å²) in [6, 6.07) is 5.93. The van der Waals surface area contributed by atoms with Crippen molar-refractivity contribution >= 4 is 22.9 Å². The van der Waals surface area contributed by atoms with Gasteiger partial charge in [-0.05, 0) is 23.8 Å². The van der Waals surface area contributed by atoms with Crippen molar-refractivity contribution in [1.29, 1.82) is 0 Å². The van der Waals surface area contributed by atoms with Gasteiger partial charge in [0.05, 0.1) is 18.7 Å². The van der Waals surface area contributed by atoms with Crippen LogP contribution in [0.4, 0.5) is 5.69 Å². The van der Waals surface area contributed by atoms with Crippen LogP contribution in [0.3, 0.4) is 0 Å². The summed E-state index contributed by atoms with van der Waals surface area (Å²) in [5.41, 5.74) is 3.70. The second kappa shape index (κ2) is 4.19. The summed E-state index contributed by atoms with van der Waals surface area (Å²) >= 11 is 1.50. The number of aliphatic hydroxyl groups excluding tert-OH is 1. The van der Waals surface area contributed by atoms with Gasteiger partial charge in [-0.1, -0.05) is 0 Å². The van der Waals surface area contributed by atoms with Crippen LogP contribution in [0.1, 0.15) is 11.3 Å². The first-order chi connectivity index (χ1) is 8.69. The van der Waals surface area contributed by atoms with E-state index in [4.69, 9.17) is 5.11 Å². The van der Waals surface area contributed by atoms with E-state index in [0.717, 1.165) is 21.8 Å². The molecule has 0 saturated heterocycles. The van der Waals surface area contributed by atoms with Crippen molar-refractivity contribution in [2.75, 3.05) is 11.9 Å². The summed E-state index contributed by atoms with van der Waals surface area (Å²) in [7, 11) is 1.79. The maximum atomic E-state index is 11.6. The molecule has 0 atom stereocenters. The van der Waals surface area contributed by atoms with Crippen LogP contribution in [0.5, 0.6) is 0 Å². The molecule has 2 aromatic rings. The molecule has 0 aliphatic carbocycles. The summed E-state index contributed by atoms with van der Waals surface area (Å²) in [5, 5.41) is 11.7. The van der Waals surface area contributed by atoms with E-state index in [1.54, 1.807) is 11.9 Å². The Balaban J connectivity index is 2.01. The minimum absolute atomic E-state index is 0.0390. The molecule has 3 rings (SSSR count). The number of rotatable bonds is 2. The molecule has 0 saturated carbocycles. The number of hydrogen-bond acceptors (Lipinski definition) is 4. The van der Waals surface area contributed by atoms with Crippen LogP contribution in [0.2, 0.25) is 0 Å². The molecular formula is C13H12N2O2S. The number of carbonyl (C=O) groups excluding carboxylic acids is 1. The van der Waals surface area contributed by atoms with Crippen molar-refractivity contribution in [3.63, 3.8) is 0 Å². The van der Waals surface area contributed by atoms with Gasteiger partial charge in [0.1, 0.15) is 5.01 Å². The van der Waals surface area contributed by atoms with Crippen LogP contribution < -0.4 is 4.90 Å². The maximum absolute atomic E-state index is 11.6. The number of carbonyl (C=O) groups is 1. The minimum atomic E-state index is -0.0390. The first-order valence-electron chi connectivity index (χ1n) is 5.64. The lowest BCUT2D eigenvalue weighted by Gasteiger charge is -2.09. The molecule has 1 aliphatic rings. The smallest absolute Gasteiger partial charge is 0.231 e. The highest BCUT2D eigenvalue weighted by Gasteiger charge is 2.24. The maximum Gasteiger partial charge on any atom is 0.231 e. The molecule has 2 heterocycles. The Morgan fingerprint density at radius 1 is 1.50 bits per heavy atom. The molecule has 1 amide bonds. The number of aromatic nitrogens is 1. The van der Waals surface area contributed by atoms with Crippen LogP contribution in [-0.2, 0) is 17.8 Å². The van der Waals surface area contributed by atoms with Gasteiger partial charge in [0, 0.05) is 23.7 Å². The fraction of sp³-hybridized carbons (Fsp3) is 0.231. The molecule has 1 aromatic heterocycles. The number of aliphatic hydroxyl groups is 1. The van der Waals surface area contributed by atoms with Crippen LogP contribution in [0.15, 0.2) is 23.6 Å². The summed E-state index contributed by atoms with van der Waals surface area (Å²) in [6.45, 7) is -0.0390. The molecule has 1 aliphatic heterocycles. The fourth-order valence-corrected chi connectivity index (χ4v) is 2.92. The molecule has 0 spiro atoms. The standard InChI is InChI=1S/C13H12N2O2S/c1-15-11-3-2-8(4-9(11)5-12(15)17)13-14-10(6-16)7-18-13/h2-4,7,16H,5-6H2,1H3. The van der Waals surface area contributed by atoms with E-state index in [9.17, 15) is 4.79 Å². The second-order valence-corrected chi connectivity index (χ2v) is 5.13. The van der Waals surface area contributed by atoms with Gasteiger partial charge in [0.25, 0.3) is 0 Å². The van der Waals surface area contributed by atoms with E-state index in [-0.39, 0.29) is 12.5 Å². The zero-order valence-electron chi connectivity index (χ0n) is 9.88. The third-order valence-corrected chi connectivity index (χ3v) is 4.06. The SMILES string of the molecule is CN1C(=O)Cc2cc(-c3nc(CO)cs3)ccc21.